The van der Waals surface area contributed by atoms with Gasteiger partial charge in [0.25, 0.3) is 0 Å². The number of rotatable bonds is 3. The monoisotopic (exact) mass is 305 g/mol. The van der Waals surface area contributed by atoms with E-state index in [4.69, 9.17) is 16.6 Å². The molecule has 0 spiro atoms. The first-order valence-corrected chi connectivity index (χ1v) is 8.54. The number of pyridine rings is 1. The molecule has 1 saturated carbocycles. The van der Waals surface area contributed by atoms with Crippen LogP contribution in [0.5, 0.6) is 0 Å². The molecule has 4 heteroatoms. The van der Waals surface area contributed by atoms with Gasteiger partial charge in [-0.2, -0.15) is 0 Å². The molecule has 0 aliphatic heterocycles. The summed E-state index contributed by atoms with van der Waals surface area (Å²) in [5.41, 5.74) is 3.21. The number of halogens is 1. The van der Waals surface area contributed by atoms with E-state index in [1.54, 1.807) is 0 Å². The summed E-state index contributed by atoms with van der Waals surface area (Å²) in [6, 6.07) is 2.53. The number of nitrogens with zero attached hydrogens (tertiary/aromatic N) is 3. The van der Waals surface area contributed by atoms with Crippen molar-refractivity contribution in [2.75, 3.05) is 0 Å². The van der Waals surface area contributed by atoms with E-state index in [2.05, 4.69) is 23.4 Å². The summed E-state index contributed by atoms with van der Waals surface area (Å²) in [7, 11) is 0. The van der Waals surface area contributed by atoms with Crippen LogP contribution in [0.4, 0.5) is 0 Å². The normalized spacial score (nSPS) is 24.4. The third-order valence-electron chi connectivity index (χ3n) is 4.89. The summed E-state index contributed by atoms with van der Waals surface area (Å²) in [4.78, 5) is 9.45. The number of hydrogen-bond acceptors (Lipinski definition) is 2. The minimum absolute atomic E-state index is 0.0852. The van der Waals surface area contributed by atoms with Gasteiger partial charge in [0.15, 0.2) is 5.65 Å². The Kier molecular flexibility index (Phi) is 4.21. The molecule has 3 unspecified atom stereocenters. The molecule has 0 aromatic carbocycles. The topological polar surface area (TPSA) is 30.7 Å². The van der Waals surface area contributed by atoms with E-state index in [1.807, 2.05) is 19.2 Å². The van der Waals surface area contributed by atoms with Crippen molar-refractivity contribution in [3.05, 3.63) is 23.7 Å². The van der Waals surface area contributed by atoms with Gasteiger partial charge in [-0.1, -0.05) is 26.2 Å². The van der Waals surface area contributed by atoms with Crippen LogP contribution in [0, 0.1) is 12.8 Å². The second kappa shape index (κ2) is 5.96. The van der Waals surface area contributed by atoms with Crippen molar-refractivity contribution in [3.63, 3.8) is 0 Å². The van der Waals surface area contributed by atoms with E-state index < -0.39 is 0 Å². The predicted octanol–water partition coefficient (Wildman–Crippen LogP) is 5.18. The van der Waals surface area contributed by atoms with Gasteiger partial charge >= 0.3 is 0 Å². The van der Waals surface area contributed by atoms with Gasteiger partial charge in [0.1, 0.15) is 11.3 Å². The fourth-order valence-electron chi connectivity index (χ4n) is 3.74. The Hall–Kier alpha value is -1.09. The number of fused-ring (bicyclic) bond motifs is 1. The van der Waals surface area contributed by atoms with Gasteiger partial charge in [-0.05, 0) is 44.2 Å². The molecular formula is C17H24ClN3. The second-order valence-electron chi connectivity index (χ2n) is 6.28. The highest BCUT2D eigenvalue weighted by atomic mass is 35.5. The van der Waals surface area contributed by atoms with Crippen LogP contribution in [0.15, 0.2) is 12.3 Å². The lowest BCUT2D eigenvalue weighted by Crippen LogP contribution is -2.24. The number of aryl methyl sites for hydroxylation is 1. The minimum atomic E-state index is -0.0852. The molecule has 0 bridgehead atoms. The highest BCUT2D eigenvalue weighted by molar-refractivity contribution is 6.20. The number of hydrogen-bond donors (Lipinski definition) is 0. The Labute approximate surface area is 131 Å². The largest absolute Gasteiger partial charge is 0.308 e. The van der Waals surface area contributed by atoms with E-state index in [1.165, 1.54) is 37.7 Å². The third kappa shape index (κ3) is 2.57. The average molecular weight is 306 g/mol. The predicted molar refractivity (Wildman–Crippen MR) is 87.8 cm³/mol. The molecule has 1 aliphatic rings. The molecule has 114 valence electrons. The Balaban J connectivity index is 2.19. The first-order chi connectivity index (χ1) is 10.1. The minimum Gasteiger partial charge on any atom is -0.308 e. The molecule has 3 atom stereocenters. The average Bonchev–Trinajstić information content (AvgIpc) is 2.88. The van der Waals surface area contributed by atoms with Crippen LogP contribution in [0.3, 0.4) is 0 Å². The van der Waals surface area contributed by atoms with Gasteiger partial charge in [-0.15, -0.1) is 11.6 Å². The quantitative estimate of drug-likeness (QED) is 0.731. The molecule has 2 heterocycles. The van der Waals surface area contributed by atoms with E-state index in [0.717, 1.165) is 17.0 Å². The van der Waals surface area contributed by atoms with Crippen LogP contribution in [-0.2, 0) is 0 Å². The highest BCUT2D eigenvalue weighted by Gasteiger charge is 2.30. The Bertz CT molecular complexity index is 632. The Morgan fingerprint density at radius 3 is 2.86 bits per heavy atom. The lowest BCUT2D eigenvalue weighted by Gasteiger charge is -2.33. The van der Waals surface area contributed by atoms with Gasteiger partial charge in [0, 0.05) is 12.2 Å². The lowest BCUT2D eigenvalue weighted by molar-refractivity contribution is 0.232. The SMILES string of the molecule is CCC1CCCCC1n1c(C(C)Cl)nc2c(C)ccnc21. The zero-order valence-corrected chi connectivity index (χ0v) is 13.9. The Morgan fingerprint density at radius 2 is 2.14 bits per heavy atom. The summed E-state index contributed by atoms with van der Waals surface area (Å²) < 4.78 is 2.35. The van der Waals surface area contributed by atoms with Crippen LogP contribution in [0.2, 0.25) is 0 Å². The van der Waals surface area contributed by atoms with Gasteiger partial charge in [0.05, 0.1) is 5.38 Å². The molecule has 1 aliphatic carbocycles. The van der Waals surface area contributed by atoms with Crippen molar-refractivity contribution in [1.29, 1.82) is 0 Å². The summed E-state index contributed by atoms with van der Waals surface area (Å²) in [6.07, 6.45) is 8.27. The number of alkyl halides is 1. The fourth-order valence-corrected chi connectivity index (χ4v) is 3.89. The van der Waals surface area contributed by atoms with Gasteiger partial charge in [0.2, 0.25) is 0 Å². The maximum atomic E-state index is 6.43. The van der Waals surface area contributed by atoms with Gasteiger partial charge in [-0.25, -0.2) is 9.97 Å². The van der Waals surface area contributed by atoms with Crippen LogP contribution in [0.25, 0.3) is 11.2 Å². The van der Waals surface area contributed by atoms with Crippen LogP contribution in [0.1, 0.15) is 68.8 Å². The molecular weight excluding hydrogens is 282 g/mol. The zero-order valence-electron chi connectivity index (χ0n) is 13.1. The van der Waals surface area contributed by atoms with E-state index in [0.29, 0.717) is 12.0 Å². The third-order valence-corrected chi connectivity index (χ3v) is 5.08. The van der Waals surface area contributed by atoms with Crippen LogP contribution < -0.4 is 0 Å². The van der Waals surface area contributed by atoms with Crippen molar-refractivity contribution >= 4 is 22.8 Å². The maximum Gasteiger partial charge on any atom is 0.160 e. The number of aromatic nitrogens is 3. The van der Waals surface area contributed by atoms with Crippen molar-refractivity contribution in [2.24, 2.45) is 5.92 Å². The molecule has 3 rings (SSSR count). The number of imidazole rings is 1. The van der Waals surface area contributed by atoms with E-state index >= 15 is 0 Å². The summed E-state index contributed by atoms with van der Waals surface area (Å²) in [5.74, 6) is 1.70. The van der Waals surface area contributed by atoms with Crippen molar-refractivity contribution < 1.29 is 0 Å². The summed E-state index contributed by atoms with van der Waals surface area (Å²) >= 11 is 6.43. The van der Waals surface area contributed by atoms with Gasteiger partial charge in [-0.3, -0.25) is 0 Å². The van der Waals surface area contributed by atoms with Crippen molar-refractivity contribution in [1.82, 2.24) is 14.5 Å². The molecule has 0 saturated heterocycles. The summed E-state index contributed by atoms with van der Waals surface area (Å²) in [6.45, 7) is 6.41. The molecule has 3 nitrogen and oxygen atoms in total. The molecule has 21 heavy (non-hydrogen) atoms. The molecule has 2 aromatic heterocycles. The van der Waals surface area contributed by atoms with Crippen molar-refractivity contribution in [3.8, 4) is 0 Å². The van der Waals surface area contributed by atoms with Crippen molar-refractivity contribution in [2.45, 2.75) is 64.3 Å². The fraction of sp³-hybridized carbons (Fsp3) is 0.647. The first-order valence-electron chi connectivity index (χ1n) is 8.11. The molecule has 1 fully saturated rings. The van der Waals surface area contributed by atoms with Crippen LogP contribution in [-0.4, -0.2) is 14.5 Å². The lowest BCUT2D eigenvalue weighted by atomic mass is 9.82. The Morgan fingerprint density at radius 1 is 1.38 bits per heavy atom. The van der Waals surface area contributed by atoms with Gasteiger partial charge < -0.3 is 4.57 Å². The smallest absolute Gasteiger partial charge is 0.160 e. The van der Waals surface area contributed by atoms with Crippen LogP contribution >= 0.6 is 11.6 Å². The molecule has 0 N–H and O–H groups in total. The molecule has 0 radical (unpaired) electrons. The first kappa shape index (κ1) is 14.8. The standard InChI is InChI=1S/C17H24ClN3/c1-4-13-7-5-6-8-14(13)21-16(12(3)18)20-15-11(2)9-10-19-17(15)21/h9-10,12-14H,4-8H2,1-3H3. The summed E-state index contributed by atoms with van der Waals surface area (Å²) in [5, 5.41) is -0.0852. The van der Waals surface area contributed by atoms with E-state index in [-0.39, 0.29) is 5.38 Å². The zero-order chi connectivity index (χ0) is 15.0. The molecule has 2 aromatic rings. The highest BCUT2D eigenvalue weighted by Crippen LogP contribution is 2.40. The second-order valence-corrected chi connectivity index (χ2v) is 6.93. The maximum absolute atomic E-state index is 6.43. The molecule has 0 amide bonds. The van der Waals surface area contributed by atoms with E-state index in [9.17, 15) is 0 Å².